The molecule has 0 bridgehead atoms. The third-order valence-electron chi connectivity index (χ3n) is 6.39. The Hall–Kier alpha value is -2.75. The zero-order valence-corrected chi connectivity index (χ0v) is 16.2. The van der Waals surface area contributed by atoms with Gasteiger partial charge in [-0.25, -0.2) is 9.37 Å². The van der Waals surface area contributed by atoms with E-state index in [4.69, 9.17) is 5.11 Å². The molecule has 2 aromatic heterocycles. The minimum absolute atomic E-state index is 0.00804. The fourth-order valence-electron chi connectivity index (χ4n) is 4.43. The van der Waals surface area contributed by atoms with Crippen LogP contribution in [0.2, 0.25) is 0 Å². The summed E-state index contributed by atoms with van der Waals surface area (Å²) >= 11 is 0. The van der Waals surface area contributed by atoms with Crippen LogP contribution in [0.4, 0.5) is 21.8 Å². The van der Waals surface area contributed by atoms with Gasteiger partial charge in [0.05, 0.1) is 36.8 Å². The number of piperidine rings is 1. The number of aromatic nitrogens is 4. The van der Waals surface area contributed by atoms with E-state index < -0.39 is 5.82 Å². The number of aliphatic hydroxyl groups excluding tert-OH is 1. The summed E-state index contributed by atoms with van der Waals surface area (Å²) < 4.78 is 16.1. The van der Waals surface area contributed by atoms with E-state index in [0.29, 0.717) is 37.2 Å². The molecular weight excluding hydrogens is 377 g/mol. The highest BCUT2D eigenvalue weighted by Crippen LogP contribution is 2.56. The van der Waals surface area contributed by atoms with E-state index >= 15 is 0 Å². The van der Waals surface area contributed by atoms with E-state index in [-0.39, 0.29) is 35.7 Å². The molecule has 29 heavy (non-hydrogen) atoms. The molecule has 0 radical (unpaired) electrons. The Morgan fingerprint density at radius 1 is 1.41 bits per heavy atom. The average Bonchev–Trinajstić information content (AvgIpc) is 3.52. The van der Waals surface area contributed by atoms with Crippen molar-refractivity contribution in [2.75, 3.05) is 29.9 Å². The average molecular weight is 401 g/mol. The van der Waals surface area contributed by atoms with Gasteiger partial charge in [-0.2, -0.15) is 10.1 Å². The molecule has 2 saturated carbocycles. The van der Waals surface area contributed by atoms with E-state index in [1.54, 1.807) is 17.1 Å². The number of hydrogen-bond acceptors (Lipinski definition) is 7. The molecular formula is C19H24FN7O2. The van der Waals surface area contributed by atoms with Gasteiger partial charge in [0.1, 0.15) is 0 Å². The van der Waals surface area contributed by atoms with Gasteiger partial charge in [0.2, 0.25) is 11.9 Å². The van der Waals surface area contributed by atoms with Crippen molar-refractivity contribution < 1.29 is 14.3 Å². The molecule has 154 valence electrons. The summed E-state index contributed by atoms with van der Waals surface area (Å²) in [6, 6.07) is 0. The van der Waals surface area contributed by atoms with Crippen molar-refractivity contribution in [2.45, 2.75) is 31.8 Å². The van der Waals surface area contributed by atoms with E-state index in [9.17, 15) is 9.18 Å². The van der Waals surface area contributed by atoms with Crippen molar-refractivity contribution in [3.8, 4) is 0 Å². The largest absolute Gasteiger partial charge is 0.394 e. The number of amides is 1. The highest BCUT2D eigenvalue weighted by molar-refractivity contribution is 5.82. The molecule has 2 aliphatic carbocycles. The lowest BCUT2D eigenvalue weighted by molar-refractivity contribution is -0.123. The van der Waals surface area contributed by atoms with Gasteiger partial charge >= 0.3 is 0 Å². The van der Waals surface area contributed by atoms with Crippen LogP contribution >= 0.6 is 0 Å². The van der Waals surface area contributed by atoms with Crippen LogP contribution in [0.15, 0.2) is 18.6 Å². The van der Waals surface area contributed by atoms with E-state index in [1.807, 2.05) is 4.90 Å². The lowest BCUT2D eigenvalue weighted by Crippen LogP contribution is -2.45. The van der Waals surface area contributed by atoms with Gasteiger partial charge in [0, 0.05) is 31.1 Å². The molecule has 1 aliphatic heterocycles. The zero-order valence-electron chi connectivity index (χ0n) is 16.2. The normalized spacial score (nSPS) is 27.6. The van der Waals surface area contributed by atoms with E-state index in [0.717, 1.165) is 19.0 Å². The molecule has 3 atom stereocenters. The highest BCUT2D eigenvalue weighted by atomic mass is 19.1. The summed E-state index contributed by atoms with van der Waals surface area (Å²) in [6.07, 6.45) is 6.41. The van der Waals surface area contributed by atoms with Crippen LogP contribution in [0.25, 0.3) is 0 Å². The Morgan fingerprint density at radius 3 is 3.00 bits per heavy atom. The lowest BCUT2D eigenvalue weighted by atomic mass is 10.2. The van der Waals surface area contributed by atoms with Crippen LogP contribution in [0.5, 0.6) is 0 Å². The molecule has 3 N–H and O–H groups in total. The number of fused-ring (bicyclic) bond motifs is 1. The molecule has 0 spiro atoms. The molecule has 10 heteroatoms. The molecule has 9 nitrogen and oxygen atoms in total. The Kier molecular flexibility index (Phi) is 4.19. The number of nitrogens with one attached hydrogen (secondary N) is 2. The molecule has 0 unspecified atom stereocenters. The van der Waals surface area contributed by atoms with Crippen molar-refractivity contribution in [1.29, 1.82) is 0 Å². The number of carbonyl (C=O) groups excluding carboxylic acids is 1. The maximum atomic E-state index is 14.5. The Balaban J connectivity index is 1.31. The molecule has 3 heterocycles. The number of aliphatic hydroxyl groups is 1. The highest BCUT2D eigenvalue weighted by Gasteiger charge is 2.68. The number of anilines is 3. The maximum absolute atomic E-state index is 14.5. The fourth-order valence-corrected chi connectivity index (χ4v) is 4.43. The first-order valence-electron chi connectivity index (χ1n) is 10.00. The topological polar surface area (TPSA) is 108 Å². The second kappa shape index (κ2) is 6.65. The van der Waals surface area contributed by atoms with Crippen molar-refractivity contribution in [3.05, 3.63) is 24.4 Å². The Morgan fingerprint density at radius 2 is 2.24 bits per heavy atom. The van der Waals surface area contributed by atoms with Gasteiger partial charge in [-0.05, 0) is 18.8 Å². The zero-order chi connectivity index (χ0) is 20.2. The van der Waals surface area contributed by atoms with Crippen LogP contribution in [-0.2, 0) is 11.3 Å². The van der Waals surface area contributed by atoms with Crippen molar-refractivity contribution in [3.63, 3.8) is 0 Å². The van der Waals surface area contributed by atoms with Gasteiger partial charge in [-0.3, -0.25) is 9.48 Å². The van der Waals surface area contributed by atoms with E-state index in [1.165, 1.54) is 0 Å². The number of carbonyl (C=O) groups is 1. The second-order valence-corrected chi connectivity index (χ2v) is 8.29. The SMILES string of the molecule is C[C@@H]1[C@@H]2CN(c3nc(Nc4cnn(CCO)c4)ncc3F)C[C@]12NC(=O)C1CC1. The van der Waals surface area contributed by atoms with Crippen molar-refractivity contribution in [1.82, 2.24) is 25.1 Å². The van der Waals surface area contributed by atoms with Crippen LogP contribution in [0.3, 0.4) is 0 Å². The van der Waals surface area contributed by atoms with Crippen LogP contribution in [0.1, 0.15) is 19.8 Å². The lowest BCUT2D eigenvalue weighted by Gasteiger charge is -2.25. The van der Waals surface area contributed by atoms with Crippen LogP contribution in [0, 0.1) is 23.6 Å². The van der Waals surface area contributed by atoms with Gasteiger partial charge in [-0.1, -0.05) is 6.92 Å². The predicted octanol–water partition coefficient (Wildman–Crippen LogP) is 0.899. The third-order valence-corrected chi connectivity index (χ3v) is 6.39. The number of rotatable bonds is 7. The Labute approximate surface area is 167 Å². The summed E-state index contributed by atoms with van der Waals surface area (Å²) in [7, 11) is 0. The van der Waals surface area contributed by atoms with E-state index in [2.05, 4.69) is 32.6 Å². The standard InChI is InChI=1S/C19H24FN7O2/c1-11-14-9-26(10-19(11,14)25-17(29)12-2-3-12)16-15(20)7-21-18(24-16)23-13-6-22-27(8-13)4-5-28/h6-8,11-12,14,28H,2-5,9-10H2,1H3,(H,25,29)(H,21,23,24)/t11-,14+,19+/m1/s1. The van der Waals surface area contributed by atoms with Crippen LogP contribution < -0.4 is 15.5 Å². The third kappa shape index (κ3) is 3.21. The summed E-state index contributed by atoms with van der Waals surface area (Å²) in [6.45, 7) is 3.74. The van der Waals surface area contributed by atoms with Crippen molar-refractivity contribution in [2.24, 2.45) is 17.8 Å². The van der Waals surface area contributed by atoms with Crippen molar-refractivity contribution >= 4 is 23.4 Å². The fraction of sp³-hybridized carbons (Fsp3) is 0.579. The summed E-state index contributed by atoms with van der Waals surface area (Å²) in [5.74, 6) is 1.02. The molecule has 2 aromatic rings. The quantitative estimate of drug-likeness (QED) is 0.633. The van der Waals surface area contributed by atoms with Gasteiger partial charge in [-0.15, -0.1) is 0 Å². The first-order valence-corrected chi connectivity index (χ1v) is 10.00. The minimum atomic E-state index is -0.482. The smallest absolute Gasteiger partial charge is 0.229 e. The number of halogens is 1. The second-order valence-electron chi connectivity index (χ2n) is 8.29. The molecule has 3 aliphatic rings. The summed E-state index contributed by atoms with van der Waals surface area (Å²) in [4.78, 5) is 22.6. The maximum Gasteiger partial charge on any atom is 0.229 e. The van der Waals surface area contributed by atoms with Gasteiger partial charge in [0.25, 0.3) is 0 Å². The minimum Gasteiger partial charge on any atom is -0.394 e. The van der Waals surface area contributed by atoms with Gasteiger partial charge in [0.15, 0.2) is 11.6 Å². The molecule has 1 amide bonds. The summed E-state index contributed by atoms with van der Waals surface area (Å²) in [5.41, 5.74) is 0.387. The van der Waals surface area contributed by atoms with Crippen LogP contribution in [-0.4, -0.2) is 56.0 Å². The summed E-state index contributed by atoms with van der Waals surface area (Å²) in [5, 5.41) is 19.3. The number of hydrogen-bond donors (Lipinski definition) is 3. The molecule has 0 aromatic carbocycles. The molecule has 1 saturated heterocycles. The molecule has 5 rings (SSSR count). The van der Waals surface area contributed by atoms with Gasteiger partial charge < -0.3 is 20.6 Å². The monoisotopic (exact) mass is 401 g/mol. The predicted molar refractivity (Wildman–Crippen MR) is 103 cm³/mol. The molecule has 3 fully saturated rings. The Bertz CT molecular complexity index is 946. The first kappa shape index (κ1) is 18.3. The number of nitrogens with zero attached hydrogens (tertiary/aromatic N) is 5. The first-order chi connectivity index (χ1) is 14.0.